The Hall–Kier alpha value is -0.700. The summed E-state index contributed by atoms with van der Waals surface area (Å²) in [6.07, 6.45) is 7.21. The standard InChI is InChI=1S/C10H17ClN2O/c11-6-2-3-7-12-10(14)13-8-4-1-5-9-13/h2-3H,1,4-9H2,(H,12,14)/b3-2+. The van der Waals surface area contributed by atoms with E-state index >= 15 is 0 Å². The number of carbonyl (C=O) groups excluding carboxylic acids is 1. The molecule has 4 heteroatoms. The molecule has 1 rings (SSSR count). The number of alkyl halides is 1. The molecule has 80 valence electrons. The first-order valence-corrected chi connectivity index (χ1v) is 5.62. The van der Waals surface area contributed by atoms with Crippen molar-refractivity contribution in [3.8, 4) is 0 Å². The highest BCUT2D eigenvalue weighted by molar-refractivity contribution is 6.18. The average Bonchev–Trinajstić information content (AvgIpc) is 2.25. The van der Waals surface area contributed by atoms with Crippen LogP contribution in [0.5, 0.6) is 0 Å². The molecule has 0 atom stereocenters. The summed E-state index contributed by atoms with van der Waals surface area (Å²) < 4.78 is 0. The summed E-state index contributed by atoms with van der Waals surface area (Å²) in [5, 5.41) is 2.83. The van der Waals surface area contributed by atoms with Gasteiger partial charge >= 0.3 is 6.03 Å². The molecule has 0 bridgehead atoms. The molecule has 2 amide bonds. The summed E-state index contributed by atoms with van der Waals surface area (Å²) in [6, 6.07) is 0.0453. The molecule has 3 nitrogen and oxygen atoms in total. The molecule has 0 spiro atoms. The van der Waals surface area contributed by atoms with E-state index in [0.717, 1.165) is 25.9 Å². The normalized spacial score (nSPS) is 17.4. The van der Waals surface area contributed by atoms with Crippen LogP contribution in [0.15, 0.2) is 12.2 Å². The molecule has 1 N–H and O–H groups in total. The van der Waals surface area contributed by atoms with Crippen molar-refractivity contribution in [1.82, 2.24) is 10.2 Å². The van der Waals surface area contributed by atoms with E-state index in [4.69, 9.17) is 11.6 Å². The number of nitrogens with zero attached hydrogens (tertiary/aromatic N) is 1. The van der Waals surface area contributed by atoms with Gasteiger partial charge in [-0.05, 0) is 19.3 Å². The number of hydrogen-bond donors (Lipinski definition) is 1. The van der Waals surface area contributed by atoms with Gasteiger partial charge in [0, 0.05) is 25.5 Å². The first-order chi connectivity index (χ1) is 6.84. The second kappa shape index (κ2) is 6.71. The molecule has 1 saturated heterocycles. The Labute approximate surface area is 90.1 Å². The van der Waals surface area contributed by atoms with Crippen molar-refractivity contribution >= 4 is 17.6 Å². The third-order valence-corrected chi connectivity index (χ3v) is 2.45. The first kappa shape index (κ1) is 11.4. The van der Waals surface area contributed by atoms with Crippen LogP contribution in [-0.4, -0.2) is 36.4 Å². The zero-order chi connectivity index (χ0) is 10.2. The maximum Gasteiger partial charge on any atom is 0.317 e. The molecule has 0 aromatic carbocycles. The lowest BCUT2D eigenvalue weighted by molar-refractivity contribution is 0.187. The number of carbonyl (C=O) groups is 1. The van der Waals surface area contributed by atoms with E-state index in [1.54, 1.807) is 0 Å². The number of piperidine rings is 1. The number of rotatable bonds is 3. The van der Waals surface area contributed by atoms with E-state index in [1.807, 2.05) is 17.1 Å². The Morgan fingerprint density at radius 2 is 2.00 bits per heavy atom. The van der Waals surface area contributed by atoms with Crippen molar-refractivity contribution in [1.29, 1.82) is 0 Å². The van der Waals surface area contributed by atoms with Crippen molar-refractivity contribution in [2.45, 2.75) is 19.3 Å². The predicted molar refractivity (Wildman–Crippen MR) is 58.7 cm³/mol. The van der Waals surface area contributed by atoms with Crippen molar-refractivity contribution in [2.75, 3.05) is 25.5 Å². The molecule has 1 aliphatic heterocycles. The monoisotopic (exact) mass is 216 g/mol. The van der Waals surface area contributed by atoms with Crippen LogP contribution < -0.4 is 5.32 Å². The fourth-order valence-corrected chi connectivity index (χ4v) is 1.63. The third-order valence-electron chi connectivity index (χ3n) is 2.27. The minimum atomic E-state index is 0.0453. The summed E-state index contributed by atoms with van der Waals surface area (Å²) in [7, 11) is 0. The SMILES string of the molecule is O=C(NC/C=C/CCl)N1CCCCC1. The molecule has 0 aliphatic carbocycles. The van der Waals surface area contributed by atoms with Crippen LogP contribution in [-0.2, 0) is 0 Å². The summed E-state index contributed by atoms with van der Waals surface area (Å²) in [6.45, 7) is 2.36. The molecule has 0 unspecified atom stereocenters. The quantitative estimate of drug-likeness (QED) is 0.568. The van der Waals surface area contributed by atoms with Gasteiger partial charge in [-0.1, -0.05) is 12.2 Å². The largest absolute Gasteiger partial charge is 0.335 e. The van der Waals surface area contributed by atoms with Gasteiger partial charge in [0.25, 0.3) is 0 Å². The van der Waals surface area contributed by atoms with Gasteiger partial charge in [0.05, 0.1) is 0 Å². The zero-order valence-electron chi connectivity index (χ0n) is 8.34. The van der Waals surface area contributed by atoms with Crippen LogP contribution in [0.4, 0.5) is 4.79 Å². The Bertz CT molecular complexity index is 200. The number of likely N-dealkylation sites (tertiary alicyclic amines) is 1. The number of allylic oxidation sites excluding steroid dienone is 1. The van der Waals surface area contributed by atoms with E-state index in [0.29, 0.717) is 12.4 Å². The lowest BCUT2D eigenvalue weighted by atomic mass is 10.1. The molecule has 0 aromatic heterocycles. The Balaban J connectivity index is 2.16. The first-order valence-electron chi connectivity index (χ1n) is 5.08. The highest BCUT2D eigenvalue weighted by atomic mass is 35.5. The summed E-state index contributed by atoms with van der Waals surface area (Å²) in [4.78, 5) is 13.4. The van der Waals surface area contributed by atoms with Crippen molar-refractivity contribution in [3.05, 3.63) is 12.2 Å². The van der Waals surface area contributed by atoms with Crippen LogP contribution in [0.2, 0.25) is 0 Å². The molecular formula is C10H17ClN2O. The van der Waals surface area contributed by atoms with Crippen LogP contribution in [0.25, 0.3) is 0 Å². The Morgan fingerprint density at radius 1 is 1.29 bits per heavy atom. The maximum absolute atomic E-state index is 11.5. The van der Waals surface area contributed by atoms with Gasteiger partial charge in [-0.25, -0.2) is 4.79 Å². The fourth-order valence-electron chi connectivity index (χ4n) is 1.50. The smallest absolute Gasteiger partial charge is 0.317 e. The molecule has 14 heavy (non-hydrogen) atoms. The van der Waals surface area contributed by atoms with Gasteiger partial charge in [-0.2, -0.15) is 0 Å². The molecule has 1 heterocycles. The van der Waals surface area contributed by atoms with Crippen LogP contribution in [0.1, 0.15) is 19.3 Å². The van der Waals surface area contributed by atoms with E-state index in [-0.39, 0.29) is 6.03 Å². The summed E-state index contributed by atoms with van der Waals surface area (Å²) in [5.41, 5.74) is 0. The Kier molecular flexibility index (Phi) is 5.45. The summed E-state index contributed by atoms with van der Waals surface area (Å²) in [5.74, 6) is 0.500. The van der Waals surface area contributed by atoms with Crippen molar-refractivity contribution in [3.63, 3.8) is 0 Å². The number of hydrogen-bond acceptors (Lipinski definition) is 1. The van der Waals surface area contributed by atoms with Gasteiger partial charge in [-0.15, -0.1) is 11.6 Å². The van der Waals surface area contributed by atoms with Crippen LogP contribution in [0, 0.1) is 0 Å². The van der Waals surface area contributed by atoms with Gasteiger partial charge in [0.1, 0.15) is 0 Å². The number of amides is 2. The van der Waals surface area contributed by atoms with E-state index in [1.165, 1.54) is 6.42 Å². The topological polar surface area (TPSA) is 32.3 Å². The second-order valence-electron chi connectivity index (χ2n) is 3.36. The molecule has 0 aromatic rings. The minimum absolute atomic E-state index is 0.0453. The number of urea groups is 1. The van der Waals surface area contributed by atoms with Gasteiger partial charge in [0.2, 0.25) is 0 Å². The zero-order valence-corrected chi connectivity index (χ0v) is 9.09. The Morgan fingerprint density at radius 3 is 2.64 bits per heavy atom. The molecule has 1 fully saturated rings. The summed E-state index contributed by atoms with van der Waals surface area (Å²) >= 11 is 5.46. The lowest BCUT2D eigenvalue weighted by Gasteiger charge is -2.26. The van der Waals surface area contributed by atoms with Gasteiger partial charge in [0.15, 0.2) is 0 Å². The van der Waals surface area contributed by atoms with Gasteiger partial charge in [-0.3, -0.25) is 0 Å². The van der Waals surface area contributed by atoms with E-state index in [2.05, 4.69) is 5.32 Å². The van der Waals surface area contributed by atoms with Crippen molar-refractivity contribution in [2.24, 2.45) is 0 Å². The van der Waals surface area contributed by atoms with Crippen LogP contribution in [0.3, 0.4) is 0 Å². The molecule has 0 radical (unpaired) electrons. The minimum Gasteiger partial charge on any atom is -0.335 e. The van der Waals surface area contributed by atoms with Gasteiger partial charge < -0.3 is 10.2 Å². The maximum atomic E-state index is 11.5. The average molecular weight is 217 g/mol. The third kappa shape index (κ3) is 4.01. The highest BCUT2D eigenvalue weighted by Crippen LogP contribution is 2.07. The fraction of sp³-hybridized carbons (Fsp3) is 0.700. The van der Waals surface area contributed by atoms with E-state index in [9.17, 15) is 4.79 Å². The molecule has 1 aliphatic rings. The predicted octanol–water partition coefficient (Wildman–Crippen LogP) is 1.98. The number of halogens is 1. The van der Waals surface area contributed by atoms with E-state index < -0.39 is 0 Å². The number of nitrogens with one attached hydrogen (secondary N) is 1. The van der Waals surface area contributed by atoms with Crippen molar-refractivity contribution < 1.29 is 4.79 Å². The second-order valence-corrected chi connectivity index (χ2v) is 3.67. The van der Waals surface area contributed by atoms with Crippen LogP contribution >= 0.6 is 11.6 Å². The molecular weight excluding hydrogens is 200 g/mol. The lowest BCUT2D eigenvalue weighted by Crippen LogP contribution is -2.42. The molecule has 0 saturated carbocycles. The highest BCUT2D eigenvalue weighted by Gasteiger charge is 2.14.